The Kier molecular flexibility index (Phi) is 10.2. The second-order valence-electron chi connectivity index (χ2n) is 10.2. The molecule has 13 heteroatoms. The number of carbonyl (C=O) groups is 2. The SMILES string of the molecule is CC=O.O=C(O)COc1cc(Cl)c(OCC(F)F)cc1N1CC(O)C(N2CCC3(CC2)Cc2cc(Cl)ccc2O3)C1. The lowest BCUT2D eigenvalue weighted by Gasteiger charge is -2.41. The van der Waals surface area contributed by atoms with E-state index >= 15 is 0 Å². The van der Waals surface area contributed by atoms with E-state index in [1.165, 1.54) is 19.1 Å². The van der Waals surface area contributed by atoms with Crippen LogP contribution in [0.1, 0.15) is 25.3 Å². The lowest BCUT2D eigenvalue weighted by atomic mass is 9.86. The highest BCUT2D eigenvalue weighted by Gasteiger charge is 2.45. The second-order valence-corrected chi connectivity index (χ2v) is 11.0. The number of aliphatic carboxylic acids is 1. The van der Waals surface area contributed by atoms with Crippen LogP contribution >= 0.6 is 23.2 Å². The van der Waals surface area contributed by atoms with Gasteiger partial charge >= 0.3 is 5.97 Å². The van der Waals surface area contributed by atoms with Crippen LogP contribution in [0.25, 0.3) is 0 Å². The van der Waals surface area contributed by atoms with Crippen LogP contribution in [0.2, 0.25) is 10.0 Å². The van der Waals surface area contributed by atoms with Crippen molar-refractivity contribution in [1.29, 1.82) is 0 Å². The van der Waals surface area contributed by atoms with Gasteiger partial charge in [0.25, 0.3) is 6.43 Å². The van der Waals surface area contributed by atoms with Gasteiger partial charge < -0.3 is 34.1 Å². The molecule has 2 atom stereocenters. The third-order valence-corrected chi connectivity index (χ3v) is 7.90. The van der Waals surface area contributed by atoms with Crippen molar-refractivity contribution in [2.24, 2.45) is 0 Å². The minimum atomic E-state index is -2.69. The van der Waals surface area contributed by atoms with Gasteiger partial charge in [0.1, 0.15) is 35.7 Å². The van der Waals surface area contributed by atoms with Gasteiger partial charge in [0.05, 0.1) is 22.9 Å². The molecule has 3 aliphatic rings. The first-order valence-electron chi connectivity index (χ1n) is 13.2. The molecule has 0 amide bonds. The summed E-state index contributed by atoms with van der Waals surface area (Å²) in [7, 11) is 0. The molecule has 2 N–H and O–H groups in total. The number of alkyl halides is 2. The average Bonchev–Trinajstić information content (AvgIpc) is 3.47. The van der Waals surface area contributed by atoms with E-state index in [4.69, 9.17) is 47.3 Å². The van der Waals surface area contributed by atoms with Crippen molar-refractivity contribution >= 4 is 41.1 Å². The smallest absolute Gasteiger partial charge is 0.341 e. The molecule has 2 fully saturated rings. The number of hydrogen-bond donors (Lipinski definition) is 2. The maximum absolute atomic E-state index is 12.7. The number of piperidine rings is 1. The number of β-amino-alcohol motifs (C(OH)–C–C–N with tert-alkyl or cyclic N) is 1. The van der Waals surface area contributed by atoms with Crippen LogP contribution in [0.5, 0.6) is 17.2 Å². The standard InChI is InChI=1S/C26H28Cl2F2N2O6.C2H4O/c27-16-1-2-21-15(7-16)10-26(38-21)3-5-31(6-4-26)19-11-32(12-20(19)33)18-9-22(36-13-24(29)30)17(28)8-23(18)37-14-25(34)35;1-2-3/h1-2,7-9,19-20,24,33H,3-6,10-14H2,(H,34,35);2H,1H3. The lowest BCUT2D eigenvalue weighted by Crippen LogP contribution is -2.53. The van der Waals surface area contributed by atoms with Crippen molar-refractivity contribution < 1.29 is 42.8 Å². The van der Waals surface area contributed by atoms with Gasteiger partial charge in [-0.25, -0.2) is 13.6 Å². The molecule has 1 spiro atoms. The Hall–Kier alpha value is -2.86. The minimum absolute atomic E-state index is 0.0197. The number of benzene rings is 2. The monoisotopic (exact) mass is 616 g/mol. The second kappa shape index (κ2) is 13.4. The molecule has 2 saturated heterocycles. The number of ether oxygens (including phenoxy) is 3. The average molecular weight is 617 g/mol. The van der Waals surface area contributed by atoms with E-state index < -0.39 is 31.7 Å². The molecular weight excluding hydrogens is 585 g/mol. The maximum atomic E-state index is 12.7. The molecule has 0 aromatic heterocycles. The van der Waals surface area contributed by atoms with Crippen LogP contribution in [0.15, 0.2) is 30.3 Å². The molecule has 0 saturated carbocycles. The Morgan fingerprint density at radius 1 is 1.17 bits per heavy atom. The molecule has 3 aliphatic heterocycles. The number of halogens is 4. The Labute approximate surface area is 246 Å². The lowest BCUT2D eigenvalue weighted by molar-refractivity contribution is -0.139. The number of nitrogens with zero attached hydrogens (tertiary/aromatic N) is 2. The number of carboxylic acid groups (broad SMARTS) is 1. The van der Waals surface area contributed by atoms with Gasteiger partial charge in [-0.05, 0) is 30.7 Å². The Morgan fingerprint density at radius 2 is 1.88 bits per heavy atom. The first-order valence-corrected chi connectivity index (χ1v) is 13.9. The minimum Gasteiger partial charge on any atom is -0.487 e. The zero-order chi connectivity index (χ0) is 29.7. The Balaban J connectivity index is 0.00000124. The van der Waals surface area contributed by atoms with E-state index in [0.29, 0.717) is 17.3 Å². The van der Waals surface area contributed by atoms with Gasteiger partial charge in [0.15, 0.2) is 6.61 Å². The Morgan fingerprint density at radius 3 is 2.54 bits per heavy atom. The van der Waals surface area contributed by atoms with Gasteiger partial charge in [-0.2, -0.15) is 0 Å². The number of likely N-dealkylation sites (tertiary alicyclic amines) is 1. The fraction of sp³-hybridized carbons (Fsp3) is 0.500. The predicted octanol–water partition coefficient (Wildman–Crippen LogP) is 4.33. The molecule has 5 rings (SSSR count). The summed E-state index contributed by atoms with van der Waals surface area (Å²) in [5, 5.41) is 20.8. The maximum Gasteiger partial charge on any atom is 0.341 e. The first kappa shape index (κ1) is 31.1. The van der Waals surface area contributed by atoms with Gasteiger partial charge in [-0.15, -0.1) is 0 Å². The third kappa shape index (κ3) is 7.51. The fourth-order valence-corrected chi connectivity index (χ4v) is 5.96. The van der Waals surface area contributed by atoms with Gasteiger partial charge in [0.2, 0.25) is 0 Å². The van der Waals surface area contributed by atoms with Crippen molar-refractivity contribution in [1.82, 2.24) is 4.90 Å². The van der Waals surface area contributed by atoms with Crippen molar-refractivity contribution in [3.63, 3.8) is 0 Å². The number of anilines is 1. The van der Waals surface area contributed by atoms with E-state index in [0.717, 1.165) is 50.0 Å². The van der Waals surface area contributed by atoms with Crippen LogP contribution < -0.4 is 19.1 Å². The summed E-state index contributed by atoms with van der Waals surface area (Å²) >= 11 is 12.3. The topological polar surface area (TPSA) is 109 Å². The molecule has 9 nitrogen and oxygen atoms in total. The summed E-state index contributed by atoms with van der Waals surface area (Å²) in [4.78, 5) is 24.0. The summed E-state index contributed by atoms with van der Waals surface area (Å²) in [6.45, 7) is 2.11. The van der Waals surface area contributed by atoms with E-state index in [-0.39, 0.29) is 34.7 Å². The molecule has 0 bridgehead atoms. The summed E-state index contributed by atoms with van der Waals surface area (Å²) in [6, 6.07) is 8.30. The van der Waals surface area contributed by atoms with E-state index in [2.05, 4.69) is 4.90 Å². The Bertz CT molecular complexity index is 1240. The van der Waals surface area contributed by atoms with Crippen LogP contribution in [0, 0.1) is 0 Å². The highest BCUT2D eigenvalue weighted by molar-refractivity contribution is 6.32. The van der Waals surface area contributed by atoms with E-state index in [1.54, 1.807) is 0 Å². The summed E-state index contributed by atoms with van der Waals surface area (Å²) in [6.07, 6.45) is -0.249. The molecular formula is C28H32Cl2F2N2O7. The zero-order valence-corrected chi connectivity index (χ0v) is 23.9. The number of aliphatic hydroxyl groups excluding tert-OH is 1. The highest BCUT2D eigenvalue weighted by Crippen LogP contribution is 2.44. The molecule has 2 aromatic carbocycles. The number of aliphatic hydroxyl groups is 1. The molecule has 0 radical (unpaired) electrons. The predicted molar refractivity (Wildman–Crippen MR) is 149 cm³/mol. The van der Waals surface area contributed by atoms with E-state index in [1.807, 2.05) is 23.1 Å². The molecule has 41 heavy (non-hydrogen) atoms. The number of fused-ring (bicyclic) bond motifs is 1. The normalized spacial score (nSPS) is 21.2. The summed E-state index contributed by atoms with van der Waals surface area (Å²) in [5.74, 6) is -0.106. The highest BCUT2D eigenvalue weighted by atomic mass is 35.5. The number of hydrogen-bond acceptors (Lipinski definition) is 8. The van der Waals surface area contributed by atoms with Gasteiger partial charge in [-0.3, -0.25) is 4.90 Å². The third-order valence-electron chi connectivity index (χ3n) is 7.37. The fourth-order valence-electron chi connectivity index (χ4n) is 5.56. The van der Waals surface area contributed by atoms with Crippen LogP contribution in [-0.2, 0) is 16.0 Å². The van der Waals surface area contributed by atoms with Crippen molar-refractivity contribution in [3.05, 3.63) is 45.9 Å². The van der Waals surface area contributed by atoms with Crippen LogP contribution in [0.4, 0.5) is 14.5 Å². The van der Waals surface area contributed by atoms with Gasteiger partial charge in [0, 0.05) is 62.6 Å². The number of rotatable bonds is 8. The van der Waals surface area contributed by atoms with E-state index in [9.17, 15) is 18.7 Å². The van der Waals surface area contributed by atoms with Crippen molar-refractivity contribution in [3.8, 4) is 17.2 Å². The molecule has 2 unspecified atom stereocenters. The van der Waals surface area contributed by atoms with Gasteiger partial charge in [-0.1, -0.05) is 23.2 Å². The van der Waals surface area contributed by atoms with Crippen molar-refractivity contribution in [2.75, 3.05) is 44.3 Å². The number of carbonyl (C=O) groups excluding carboxylic acids is 1. The summed E-state index contributed by atoms with van der Waals surface area (Å²) in [5.41, 5.74) is 1.25. The number of carboxylic acids is 1. The quantitative estimate of drug-likeness (QED) is 0.419. The molecule has 2 aromatic rings. The zero-order valence-electron chi connectivity index (χ0n) is 22.4. The first-order chi connectivity index (χ1) is 19.5. The van der Waals surface area contributed by atoms with Crippen LogP contribution in [-0.4, -0.2) is 90.9 Å². The van der Waals surface area contributed by atoms with Crippen molar-refractivity contribution in [2.45, 2.75) is 50.4 Å². The molecule has 3 heterocycles. The molecule has 0 aliphatic carbocycles. The summed E-state index contributed by atoms with van der Waals surface area (Å²) < 4.78 is 42.4. The van der Waals surface area contributed by atoms with Crippen LogP contribution in [0.3, 0.4) is 0 Å². The largest absolute Gasteiger partial charge is 0.487 e. The number of aldehydes is 1. The molecule has 224 valence electrons.